The number of carboxylic acid groups (broad SMARTS) is 1. The molecule has 6 heteroatoms. The van der Waals surface area contributed by atoms with Crippen molar-refractivity contribution in [3.8, 4) is 0 Å². The summed E-state index contributed by atoms with van der Waals surface area (Å²) in [5.74, 6) is -1.03. The van der Waals surface area contributed by atoms with Crippen LogP contribution in [0.5, 0.6) is 0 Å². The van der Waals surface area contributed by atoms with Gasteiger partial charge in [0.25, 0.3) is 0 Å². The molecule has 0 aliphatic carbocycles. The molecule has 0 aromatic heterocycles. The average Bonchev–Trinajstić information content (AvgIpc) is 2.35. The fourth-order valence-corrected chi connectivity index (χ4v) is 2.00. The number of rotatable bonds is 8. The second kappa shape index (κ2) is 7.28. The molecule has 0 spiro atoms. The maximum absolute atomic E-state index is 11.3. The molecule has 0 saturated heterocycles. The van der Waals surface area contributed by atoms with Gasteiger partial charge >= 0.3 is 13.1 Å². The van der Waals surface area contributed by atoms with Gasteiger partial charge in [0.15, 0.2) is 0 Å². The minimum Gasteiger partial charge on any atom is -0.480 e. The summed E-state index contributed by atoms with van der Waals surface area (Å²) in [5, 5.41) is 26.7. The first-order chi connectivity index (χ1) is 8.94. The van der Waals surface area contributed by atoms with Gasteiger partial charge in [-0.15, -0.1) is 0 Å². The number of hydrogen-bond donors (Lipinski definition) is 4. The zero-order valence-electron chi connectivity index (χ0n) is 10.8. The number of hydrogen-bond acceptors (Lipinski definition) is 4. The van der Waals surface area contributed by atoms with E-state index in [4.69, 9.17) is 15.8 Å². The van der Waals surface area contributed by atoms with Gasteiger partial charge in [-0.05, 0) is 18.3 Å². The molecule has 0 bridgehead atoms. The molecule has 19 heavy (non-hydrogen) atoms. The Hall–Kier alpha value is -1.37. The van der Waals surface area contributed by atoms with Crippen LogP contribution in [0, 0.1) is 0 Å². The van der Waals surface area contributed by atoms with Gasteiger partial charge < -0.3 is 20.9 Å². The first-order valence-corrected chi connectivity index (χ1v) is 6.36. The van der Waals surface area contributed by atoms with Crippen molar-refractivity contribution >= 4 is 13.1 Å². The van der Waals surface area contributed by atoms with Crippen molar-refractivity contribution in [2.24, 2.45) is 5.73 Å². The Labute approximate surface area is 113 Å². The van der Waals surface area contributed by atoms with Crippen molar-refractivity contribution in [1.82, 2.24) is 0 Å². The highest BCUT2D eigenvalue weighted by atomic mass is 16.4. The quantitative estimate of drug-likeness (QED) is 0.408. The number of aliphatic carboxylic acids is 1. The Balaban J connectivity index is 2.57. The number of benzene rings is 1. The third kappa shape index (κ3) is 5.42. The van der Waals surface area contributed by atoms with Crippen molar-refractivity contribution in [1.29, 1.82) is 0 Å². The third-order valence-corrected chi connectivity index (χ3v) is 3.12. The molecule has 0 radical (unpaired) electrons. The topological polar surface area (TPSA) is 104 Å². The summed E-state index contributed by atoms with van der Waals surface area (Å²) in [6.07, 6.45) is 1.90. The van der Waals surface area contributed by atoms with Gasteiger partial charge in [-0.1, -0.05) is 43.2 Å². The molecule has 0 aliphatic heterocycles. The minimum absolute atomic E-state index is 0.237. The second-order valence-electron chi connectivity index (χ2n) is 4.85. The summed E-state index contributed by atoms with van der Waals surface area (Å²) in [6, 6.07) is 9.26. The van der Waals surface area contributed by atoms with E-state index < -0.39 is 18.6 Å². The van der Waals surface area contributed by atoms with Crippen molar-refractivity contribution in [2.75, 3.05) is 0 Å². The lowest BCUT2D eigenvalue weighted by molar-refractivity contribution is -0.143. The third-order valence-electron chi connectivity index (χ3n) is 3.12. The molecule has 1 atom stereocenters. The zero-order chi connectivity index (χ0) is 14.3. The summed E-state index contributed by atoms with van der Waals surface area (Å²) < 4.78 is 0. The lowest BCUT2D eigenvalue weighted by atomic mass is 9.81. The molecular weight excluding hydrogens is 245 g/mol. The standard InChI is InChI=1S/C13H20BNO4/c15-13(12(16)17,8-4-5-9-14(18)19)10-11-6-2-1-3-7-11/h1-3,6-7,18-19H,4-5,8-10,15H2,(H,16,17)/t13-/m0/s1. The van der Waals surface area contributed by atoms with Crippen molar-refractivity contribution in [3.63, 3.8) is 0 Å². The van der Waals surface area contributed by atoms with Crippen LogP contribution in [0.25, 0.3) is 0 Å². The molecule has 0 saturated carbocycles. The Bertz CT molecular complexity index is 399. The van der Waals surface area contributed by atoms with Crippen LogP contribution in [-0.4, -0.2) is 33.8 Å². The maximum Gasteiger partial charge on any atom is 0.451 e. The fourth-order valence-electron chi connectivity index (χ4n) is 2.00. The van der Waals surface area contributed by atoms with E-state index in [1.807, 2.05) is 30.3 Å². The van der Waals surface area contributed by atoms with Crippen LogP contribution in [0.15, 0.2) is 30.3 Å². The number of carbonyl (C=O) groups is 1. The molecule has 0 amide bonds. The summed E-state index contributed by atoms with van der Waals surface area (Å²) in [6.45, 7) is 0. The smallest absolute Gasteiger partial charge is 0.451 e. The van der Waals surface area contributed by atoms with E-state index in [-0.39, 0.29) is 12.7 Å². The SMILES string of the molecule is N[C@@](CCCCB(O)O)(Cc1ccccc1)C(=O)O. The van der Waals surface area contributed by atoms with E-state index in [1.54, 1.807) is 0 Å². The van der Waals surface area contributed by atoms with Crippen LogP contribution in [0.4, 0.5) is 0 Å². The van der Waals surface area contributed by atoms with Gasteiger partial charge in [-0.25, -0.2) is 0 Å². The number of carboxylic acids is 1. The molecular formula is C13H20BNO4. The normalized spacial score (nSPS) is 13.8. The van der Waals surface area contributed by atoms with Crippen molar-refractivity contribution < 1.29 is 19.9 Å². The lowest BCUT2D eigenvalue weighted by Gasteiger charge is -2.24. The molecule has 104 valence electrons. The zero-order valence-corrected chi connectivity index (χ0v) is 10.8. The average molecular weight is 265 g/mol. The molecule has 0 unspecified atom stereocenters. The Morgan fingerprint density at radius 1 is 1.21 bits per heavy atom. The van der Waals surface area contributed by atoms with Crippen molar-refractivity contribution in [3.05, 3.63) is 35.9 Å². The van der Waals surface area contributed by atoms with E-state index in [0.29, 0.717) is 19.3 Å². The molecule has 1 rings (SSSR count). The first kappa shape index (κ1) is 15.7. The predicted octanol–water partition coefficient (Wildman–Crippen LogP) is 0.654. The minimum atomic E-state index is -1.34. The monoisotopic (exact) mass is 265 g/mol. The van der Waals surface area contributed by atoms with E-state index in [9.17, 15) is 9.90 Å². The van der Waals surface area contributed by atoms with Gasteiger partial charge in [0, 0.05) is 6.42 Å². The van der Waals surface area contributed by atoms with Crippen LogP contribution in [0.2, 0.25) is 6.32 Å². The van der Waals surface area contributed by atoms with E-state index in [1.165, 1.54) is 0 Å². The maximum atomic E-state index is 11.3. The second-order valence-corrected chi connectivity index (χ2v) is 4.85. The molecule has 1 aromatic carbocycles. The Morgan fingerprint density at radius 3 is 2.37 bits per heavy atom. The lowest BCUT2D eigenvalue weighted by Crippen LogP contribution is -2.49. The molecule has 5 N–H and O–H groups in total. The highest BCUT2D eigenvalue weighted by molar-refractivity contribution is 6.40. The first-order valence-electron chi connectivity index (χ1n) is 6.36. The Morgan fingerprint density at radius 2 is 1.84 bits per heavy atom. The highest BCUT2D eigenvalue weighted by Crippen LogP contribution is 2.19. The molecule has 0 aliphatic rings. The number of nitrogens with two attached hydrogens (primary N) is 1. The molecule has 0 fully saturated rings. The van der Waals surface area contributed by atoms with Crippen LogP contribution >= 0.6 is 0 Å². The predicted molar refractivity (Wildman–Crippen MR) is 73.5 cm³/mol. The summed E-state index contributed by atoms with van der Waals surface area (Å²) in [4.78, 5) is 11.3. The van der Waals surface area contributed by atoms with Crippen LogP contribution in [0.3, 0.4) is 0 Å². The fraction of sp³-hybridized carbons (Fsp3) is 0.462. The van der Waals surface area contributed by atoms with Gasteiger partial charge in [-0.2, -0.15) is 0 Å². The summed E-state index contributed by atoms with van der Waals surface area (Å²) >= 11 is 0. The van der Waals surface area contributed by atoms with Crippen LogP contribution in [-0.2, 0) is 11.2 Å². The molecule has 5 nitrogen and oxygen atoms in total. The van der Waals surface area contributed by atoms with E-state index >= 15 is 0 Å². The van der Waals surface area contributed by atoms with Gasteiger partial charge in [0.1, 0.15) is 5.54 Å². The summed E-state index contributed by atoms with van der Waals surface area (Å²) in [5.41, 5.74) is 5.55. The van der Waals surface area contributed by atoms with Crippen molar-refractivity contribution in [2.45, 2.75) is 37.5 Å². The molecule has 1 aromatic rings. The molecule has 0 heterocycles. The Kier molecular flexibility index (Phi) is 6.01. The van der Waals surface area contributed by atoms with Crippen LogP contribution in [0.1, 0.15) is 24.8 Å². The largest absolute Gasteiger partial charge is 0.480 e. The van der Waals surface area contributed by atoms with Gasteiger partial charge in [0.2, 0.25) is 0 Å². The highest BCUT2D eigenvalue weighted by Gasteiger charge is 2.33. The van der Waals surface area contributed by atoms with E-state index in [0.717, 1.165) is 5.56 Å². The number of unbranched alkanes of at least 4 members (excludes halogenated alkanes) is 1. The van der Waals surface area contributed by atoms with E-state index in [2.05, 4.69) is 0 Å². The van der Waals surface area contributed by atoms with Crippen LogP contribution < -0.4 is 5.73 Å². The van der Waals surface area contributed by atoms with Gasteiger partial charge in [0.05, 0.1) is 0 Å². The van der Waals surface area contributed by atoms with Gasteiger partial charge in [-0.3, -0.25) is 4.79 Å². The summed E-state index contributed by atoms with van der Waals surface area (Å²) in [7, 11) is -1.34.